The van der Waals surface area contributed by atoms with Crippen molar-refractivity contribution >= 4 is 0 Å². The van der Waals surface area contributed by atoms with Crippen molar-refractivity contribution in [2.75, 3.05) is 6.54 Å². The maximum atomic E-state index is 6.12. The van der Waals surface area contributed by atoms with Gasteiger partial charge in [0.2, 0.25) is 0 Å². The minimum atomic E-state index is 0.523. The zero-order chi connectivity index (χ0) is 14.0. The SMILES string of the molecule is CCCCCCCC1(CN)CCC(CCCC)CC1. The average molecular weight is 268 g/mol. The zero-order valence-corrected chi connectivity index (χ0v) is 13.6. The van der Waals surface area contributed by atoms with Crippen LogP contribution in [0.3, 0.4) is 0 Å². The predicted molar refractivity (Wildman–Crippen MR) is 86.3 cm³/mol. The van der Waals surface area contributed by atoms with Gasteiger partial charge >= 0.3 is 0 Å². The molecule has 0 atom stereocenters. The summed E-state index contributed by atoms with van der Waals surface area (Å²) >= 11 is 0. The Labute approximate surface area is 121 Å². The van der Waals surface area contributed by atoms with E-state index in [4.69, 9.17) is 5.73 Å². The van der Waals surface area contributed by atoms with Crippen molar-refractivity contribution in [3.63, 3.8) is 0 Å². The molecule has 0 saturated heterocycles. The molecule has 0 aliphatic heterocycles. The van der Waals surface area contributed by atoms with Gasteiger partial charge in [-0.1, -0.05) is 65.2 Å². The minimum absolute atomic E-state index is 0.523. The molecule has 19 heavy (non-hydrogen) atoms. The fraction of sp³-hybridized carbons (Fsp3) is 1.00. The maximum Gasteiger partial charge on any atom is -0.00205 e. The highest BCUT2D eigenvalue weighted by Crippen LogP contribution is 2.43. The standard InChI is InChI=1S/C18H37N/c1-3-5-7-8-9-13-18(16-19)14-11-17(12-15-18)10-6-4-2/h17H,3-16,19H2,1-2H3. The lowest BCUT2D eigenvalue weighted by atomic mass is 9.67. The van der Waals surface area contributed by atoms with Crippen LogP contribution in [0.5, 0.6) is 0 Å². The molecule has 1 heteroatoms. The smallest absolute Gasteiger partial charge is 0.00205 e. The maximum absolute atomic E-state index is 6.12. The Morgan fingerprint density at radius 1 is 0.895 bits per heavy atom. The van der Waals surface area contributed by atoms with E-state index in [0.29, 0.717) is 5.41 Å². The third-order valence-corrected chi connectivity index (χ3v) is 5.38. The molecule has 0 bridgehead atoms. The molecule has 1 saturated carbocycles. The second-order valence-electron chi connectivity index (χ2n) is 6.95. The number of unbranched alkanes of at least 4 members (excludes halogenated alkanes) is 5. The minimum Gasteiger partial charge on any atom is -0.330 e. The monoisotopic (exact) mass is 267 g/mol. The lowest BCUT2D eigenvalue weighted by Gasteiger charge is -2.40. The number of hydrogen-bond donors (Lipinski definition) is 1. The first-order chi connectivity index (χ1) is 9.26. The Balaban J connectivity index is 2.22. The van der Waals surface area contributed by atoms with E-state index in [1.54, 1.807) is 0 Å². The predicted octanol–water partition coefficient (Wildman–Crippen LogP) is 5.67. The van der Waals surface area contributed by atoms with Gasteiger partial charge in [-0.3, -0.25) is 0 Å². The summed E-state index contributed by atoms with van der Waals surface area (Å²) in [6, 6.07) is 0. The molecular weight excluding hydrogens is 230 g/mol. The summed E-state index contributed by atoms with van der Waals surface area (Å²) in [5, 5.41) is 0. The molecule has 1 nitrogen and oxygen atoms in total. The Hall–Kier alpha value is -0.0400. The summed E-state index contributed by atoms with van der Waals surface area (Å²) in [6.07, 6.45) is 18.4. The van der Waals surface area contributed by atoms with E-state index < -0.39 is 0 Å². The van der Waals surface area contributed by atoms with E-state index in [9.17, 15) is 0 Å². The van der Waals surface area contributed by atoms with Gasteiger partial charge in [0.05, 0.1) is 0 Å². The summed E-state index contributed by atoms with van der Waals surface area (Å²) in [6.45, 7) is 5.53. The van der Waals surface area contributed by atoms with Gasteiger partial charge in [-0.25, -0.2) is 0 Å². The summed E-state index contributed by atoms with van der Waals surface area (Å²) in [5.74, 6) is 1.01. The Bertz CT molecular complexity index is 198. The van der Waals surface area contributed by atoms with Crippen molar-refractivity contribution in [2.45, 2.75) is 97.3 Å². The fourth-order valence-electron chi connectivity index (χ4n) is 3.73. The van der Waals surface area contributed by atoms with Crippen molar-refractivity contribution in [1.82, 2.24) is 0 Å². The van der Waals surface area contributed by atoms with Crippen molar-refractivity contribution in [1.29, 1.82) is 0 Å². The van der Waals surface area contributed by atoms with Gasteiger partial charge in [0, 0.05) is 0 Å². The van der Waals surface area contributed by atoms with E-state index in [1.807, 2.05) is 0 Å². The molecule has 0 amide bonds. The van der Waals surface area contributed by atoms with Crippen molar-refractivity contribution in [3.8, 4) is 0 Å². The van der Waals surface area contributed by atoms with Crippen LogP contribution in [-0.4, -0.2) is 6.54 Å². The van der Waals surface area contributed by atoms with Crippen LogP contribution in [0.25, 0.3) is 0 Å². The Kier molecular flexibility index (Phi) is 8.77. The van der Waals surface area contributed by atoms with Gasteiger partial charge < -0.3 is 5.73 Å². The topological polar surface area (TPSA) is 26.0 Å². The zero-order valence-electron chi connectivity index (χ0n) is 13.6. The average Bonchev–Trinajstić information content (AvgIpc) is 2.46. The van der Waals surface area contributed by atoms with Crippen molar-refractivity contribution in [3.05, 3.63) is 0 Å². The molecule has 1 aliphatic rings. The number of nitrogens with two attached hydrogens (primary N) is 1. The van der Waals surface area contributed by atoms with Crippen molar-refractivity contribution in [2.24, 2.45) is 17.1 Å². The van der Waals surface area contributed by atoms with Crippen LogP contribution in [0.15, 0.2) is 0 Å². The highest BCUT2D eigenvalue weighted by atomic mass is 14.6. The molecule has 0 spiro atoms. The number of hydrogen-bond acceptors (Lipinski definition) is 1. The first kappa shape index (κ1) is 17.0. The van der Waals surface area contributed by atoms with Gasteiger partial charge in [0.25, 0.3) is 0 Å². The molecule has 0 aromatic rings. The molecule has 1 rings (SSSR count). The van der Waals surface area contributed by atoms with E-state index in [0.717, 1.165) is 12.5 Å². The molecule has 1 fully saturated rings. The van der Waals surface area contributed by atoms with Gasteiger partial charge in [-0.05, 0) is 50.0 Å². The van der Waals surface area contributed by atoms with Crippen LogP contribution in [-0.2, 0) is 0 Å². The molecule has 0 heterocycles. The first-order valence-corrected chi connectivity index (χ1v) is 8.96. The van der Waals surface area contributed by atoms with E-state index in [1.165, 1.54) is 83.5 Å². The third-order valence-electron chi connectivity index (χ3n) is 5.38. The normalized spacial score (nSPS) is 27.6. The van der Waals surface area contributed by atoms with Crippen LogP contribution >= 0.6 is 0 Å². The molecule has 114 valence electrons. The van der Waals surface area contributed by atoms with Crippen LogP contribution in [0, 0.1) is 11.3 Å². The molecule has 0 aromatic carbocycles. The summed E-state index contributed by atoms with van der Waals surface area (Å²) in [4.78, 5) is 0. The molecule has 0 radical (unpaired) electrons. The summed E-state index contributed by atoms with van der Waals surface area (Å²) < 4.78 is 0. The highest BCUT2D eigenvalue weighted by Gasteiger charge is 2.33. The second kappa shape index (κ2) is 9.80. The van der Waals surface area contributed by atoms with Gasteiger partial charge in [0.1, 0.15) is 0 Å². The molecule has 2 N–H and O–H groups in total. The summed E-state index contributed by atoms with van der Waals surface area (Å²) in [5.41, 5.74) is 6.65. The second-order valence-corrected chi connectivity index (χ2v) is 6.95. The lowest BCUT2D eigenvalue weighted by Crippen LogP contribution is -2.35. The van der Waals surface area contributed by atoms with Crippen molar-refractivity contribution < 1.29 is 0 Å². The lowest BCUT2D eigenvalue weighted by molar-refractivity contribution is 0.135. The van der Waals surface area contributed by atoms with Crippen LogP contribution in [0.1, 0.15) is 97.3 Å². The molecule has 0 unspecified atom stereocenters. The largest absolute Gasteiger partial charge is 0.330 e. The molecule has 0 aromatic heterocycles. The van der Waals surface area contributed by atoms with E-state index >= 15 is 0 Å². The van der Waals surface area contributed by atoms with E-state index in [2.05, 4.69) is 13.8 Å². The quantitative estimate of drug-likeness (QED) is 0.507. The van der Waals surface area contributed by atoms with Crippen LogP contribution < -0.4 is 5.73 Å². The Morgan fingerprint density at radius 2 is 1.53 bits per heavy atom. The molecule has 1 aliphatic carbocycles. The highest BCUT2D eigenvalue weighted by molar-refractivity contribution is 4.86. The van der Waals surface area contributed by atoms with Gasteiger partial charge in [0.15, 0.2) is 0 Å². The van der Waals surface area contributed by atoms with Gasteiger partial charge in [-0.2, -0.15) is 0 Å². The molecular formula is C18H37N. The number of rotatable bonds is 10. The van der Waals surface area contributed by atoms with Gasteiger partial charge in [-0.15, -0.1) is 0 Å². The Morgan fingerprint density at radius 3 is 2.11 bits per heavy atom. The van der Waals surface area contributed by atoms with E-state index in [-0.39, 0.29) is 0 Å². The van der Waals surface area contributed by atoms with Crippen LogP contribution in [0.2, 0.25) is 0 Å². The fourth-order valence-corrected chi connectivity index (χ4v) is 3.73. The third kappa shape index (κ3) is 6.29. The first-order valence-electron chi connectivity index (χ1n) is 8.96. The van der Waals surface area contributed by atoms with Crippen LogP contribution in [0.4, 0.5) is 0 Å². The summed E-state index contributed by atoms with van der Waals surface area (Å²) in [7, 11) is 0.